The van der Waals surface area contributed by atoms with Crippen LogP contribution < -0.4 is 0 Å². The second kappa shape index (κ2) is 3.08. The summed E-state index contributed by atoms with van der Waals surface area (Å²) in [4.78, 5) is 10.1. The zero-order valence-electron chi connectivity index (χ0n) is 4.87. The van der Waals surface area contributed by atoms with E-state index in [2.05, 4.69) is 0 Å². The number of aliphatic carboxylic acids is 1. The summed E-state index contributed by atoms with van der Waals surface area (Å²) < 4.78 is 5.05. The van der Waals surface area contributed by atoms with E-state index < -0.39 is 5.97 Å². The van der Waals surface area contributed by atoms with Crippen molar-refractivity contribution in [3.63, 3.8) is 0 Å². The zero-order valence-corrected chi connectivity index (χ0v) is 5.69. The summed E-state index contributed by atoms with van der Waals surface area (Å²) in [6, 6.07) is 0. The molecule has 1 aliphatic heterocycles. The van der Waals surface area contributed by atoms with Crippen LogP contribution in [0, 0.1) is 0 Å². The maximum absolute atomic E-state index is 10.1. The fourth-order valence-electron chi connectivity index (χ4n) is 0.685. The van der Waals surface area contributed by atoms with Crippen molar-refractivity contribution in [1.29, 1.82) is 0 Å². The summed E-state index contributed by atoms with van der Waals surface area (Å²) in [5.41, 5.74) is 0. The Morgan fingerprint density at radius 3 is 3.11 bits per heavy atom. The molecule has 1 fully saturated rings. The first-order valence-corrected chi connectivity index (χ1v) is 3.85. The fraction of sp³-hybridized carbons (Fsp3) is 0.800. The van der Waals surface area contributed by atoms with Gasteiger partial charge in [0.2, 0.25) is 0 Å². The van der Waals surface area contributed by atoms with Gasteiger partial charge in [0.05, 0.1) is 18.5 Å². The van der Waals surface area contributed by atoms with Gasteiger partial charge in [0.1, 0.15) is 0 Å². The van der Waals surface area contributed by atoms with Crippen LogP contribution in [0.15, 0.2) is 0 Å². The van der Waals surface area contributed by atoms with Gasteiger partial charge in [-0.3, -0.25) is 4.79 Å². The van der Waals surface area contributed by atoms with Gasteiger partial charge in [-0.1, -0.05) is 0 Å². The van der Waals surface area contributed by atoms with Gasteiger partial charge in [-0.25, -0.2) is 0 Å². The van der Waals surface area contributed by atoms with E-state index in [4.69, 9.17) is 9.84 Å². The largest absolute Gasteiger partial charge is 0.481 e. The average molecular weight is 148 g/mol. The minimum Gasteiger partial charge on any atom is -0.481 e. The number of rotatable bonds is 2. The topological polar surface area (TPSA) is 46.5 Å². The molecule has 1 heterocycles. The van der Waals surface area contributed by atoms with E-state index in [0.717, 1.165) is 5.75 Å². The first-order valence-electron chi connectivity index (χ1n) is 2.70. The van der Waals surface area contributed by atoms with E-state index in [0.29, 0.717) is 5.94 Å². The Kier molecular flexibility index (Phi) is 2.36. The molecular weight excluding hydrogens is 140 g/mol. The highest BCUT2D eigenvalue weighted by Gasteiger charge is 2.18. The molecule has 0 amide bonds. The highest BCUT2D eigenvalue weighted by atomic mass is 32.2. The lowest BCUT2D eigenvalue weighted by Crippen LogP contribution is -2.13. The molecule has 0 saturated carbocycles. The molecule has 0 spiro atoms. The molecule has 0 aliphatic carbocycles. The molecule has 1 unspecified atom stereocenters. The number of thioether (sulfide) groups is 1. The Morgan fingerprint density at radius 2 is 2.67 bits per heavy atom. The minimum atomic E-state index is -0.775. The first-order chi connectivity index (χ1) is 4.29. The summed E-state index contributed by atoms with van der Waals surface area (Å²) in [5, 5.41) is 8.28. The summed E-state index contributed by atoms with van der Waals surface area (Å²) in [5.74, 6) is 0.701. The van der Waals surface area contributed by atoms with Crippen molar-refractivity contribution in [2.24, 2.45) is 0 Å². The number of carboxylic acid groups (broad SMARTS) is 1. The van der Waals surface area contributed by atoms with Crippen LogP contribution >= 0.6 is 11.8 Å². The van der Waals surface area contributed by atoms with Gasteiger partial charge in [-0.05, 0) is 0 Å². The van der Waals surface area contributed by atoms with E-state index >= 15 is 0 Å². The fourth-order valence-corrected chi connectivity index (χ4v) is 1.55. The predicted molar refractivity (Wildman–Crippen MR) is 34.5 cm³/mol. The third-order valence-electron chi connectivity index (χ3n) is 1.09. The predicted octanol–water partition coefficient (Wildman–Crippen LogP) is 0.551. The van der Waals surface area contributed by atoms with E-state index in [1.807, 2.05) is 0 Å². The summed E-state index contributed by atoms with van der Waals surface area (Å²) in [7, 11) is 0. The molecule has 1 atom stereocenters. The minimum absolute atomic E-state index is 0.0486. The SMILES string of the molecule is O=C(O)CC1CSCO1. The monoisotopic (exact) mass is 148 g/mol. The van der Waals surface area contributed by atoms with Crippen LogP contribution in [0.5, 0.6) is 0 Å². The van der Waals surface area contributed by atoms with Crippen LogP contribution in [0.1, 0.15) is 6.42 Å². The lowest BCUT2D eigenvalue weighted by atomic mass is 10.3. The molecule has 52 valence electrons. The maximum Gasteiger partial charge on any atom is 0.306 e. The third-order valence-corrected chi connectivity index (χ3v) is 2.00. The van der Waals surface area contributed by atoms with Gasteiger partial charge in [0.15, 0.2) is 0 Å². The van der Waals surface area contributed by atoms with Crippen LogP contribution in [0.2, 0.25) is 0 Å². The Hall–Kier alpha value is -0.220. The molecule has 9 heavy (non-hydrogen) atoms. The average Bonchev–Trinajstić information content (AvgIpc) is 2.15. The van der Waals surface area contributed by atoms with E-state index in [9.17, 15) is 4.79 Å². The number of carboxylic acids is 1. The van der Waals surface area contributed by atoms with Crippen molar-refractivity contribution >= 4 is 17.7 Å². The molecule has 1 rings (SSSR count). The van der Waals surface area contributed by atoms with Gasteiger partial charge < -0.3 is 9.84 Å². The lowest BCUT2D eigenvalue weighted by Gasteiger charge is -2.01. The summed E-state index contributed by atoms with van der Waals surface area (Å²) in [6.07, 6.45) is 0.0972. The number of hydrogen-bond donors (Lipinski definition) is 1. The van der Waals surface area contributed by atoms with Crippen molar-refractivity contribution in [2.75, 3.05) is 11.7 Å². The highest BCUT2D eigenvalue weighted by Crippen LogP contribution is 2.18. The van der Waals surface area contributed by atoms with E-state index in [1.54, 1.807) is 11.8 Å². The van der Waals surface area contributed by atoms with Crippen molar-refractivity contribution < 1.29 is 14.6 Å². The van der Waals surface area contributed by atoms with Crippen LogP contribution in [-0.2, 0) is 9.53 Å². The lowest BCUT2D eigenvalue weighted by molar-refractivity contribution is -0.139. The quantitative estimate of drug-likeness (QED) is 0.621. The molecular formula is C5H8O3S. The van der Waals surface area contributed by atoms with Crippen molar-refractivity contribution in [2.45, 2.75) is 12.5 Å². The molecule has 1 saturated heterocycles. The maximum atomic E-state index is 10.1. The molecule has 1 aliphatic rings. The molecule has 0 radical (unpaired) electrons. The second-order valence-electron chi connectivity index (χ2n) is 1.88. The highest BCUT2D eigenvalue weighted by molar-refractivity contribution is 7.99. The first kappa shape index (κ1) is 6.89. The number of hydrogen-bond acceptors (Lipinski definition) is 3. The number of carbonyl (C=O) groups is 1. The molecule has 0 aromatic heterocycles. The van der Waals surface area contributed by atoms with Crippen LogP contribution in [0.3, 0.4) is 0 Å². The van der Waals surface area contributed by atoms with Gasteiger partial charge >= 0.3 is 5.97 Å². The smallest absolute Gasteiger partial charge is 0.306 e. The Bertz CT molecular complexity index is 109. The van der Waals surface area contributed by atoms with Gasteiger partial charge in [-0.2, -0.15) is 0 Å². The third kappa shape index (κ3) is 2.24. The van der Waals surface area contributed by atoms with Gasteiger partial charge in [0.25, 0.3) is 0 Å². The Morgan fingerprint density at radius 1 is 1.89 bits per heavy atom. The zero-order chi connectivity index (χ0) is 6.69. The van der Waals surface area contributed by atoms with Crippen molar-refractivity contribution in [3.05, 3.63) is 0 Å². The second-order valence-corrected chi connectivity index (χ2v) is 2.85. The normalized spacial score (nSPS) is 26.4. The Labute approximate surface area is 57.4 Å². The summed E-state index contributed by atoms with van der Waals surface area (Å²) in [6.45, 7) is 0. The van der Waals surface area contributed by atoms with Crippen molar-refractivity contribution in [3.8, 4) is 0 Å². The van der Waals surface area contributed by atoms with Crippen molar-refractivity contribution in [1.82, 2.24) is 0 Å². The van der Waals surface area contributed by atoms with Gasteiger partial charge in [-0.15, -0.1) is 11.8 Å². The summed E-state index contributed by atoms with van der Waals surface area (Å²) >= 11 is 1.64. The Balaban J connectivity index is 2.19. The molecule has 0 bridgehead atoms. The molecule has 0 aromatic rings. The van der Waals surface area contributed by atoms with E-state index in [-0.39, 0.29) is 12.5 Å². The van der Waals surface area contributed by atoms with Crippen LogP contribution in [0.25, 0.3) is 0 Å². The van der Waals surface area contributed by atoms with Crippen LogP contribution in [0.4, 0.5) is 0 Å². The van der Waals surface area contributed by atoms with Gasteiger partial charge in [0, 0.05) is 5.75 Å². The molecule has 3 nitrogen and oxygen atoms in total. The van der Waals surface area contributed by atoms with E-state index in [1.165, 1.54) is 0 Å². The molecule has 0 aromatic carbocycles. The standard InChI is InChI=1S/C5H8O3S/c6-5(7)1-4-2-9-3-8-4/h4H,1-3H2,(H,6,7). The van der Waals surface area contributed by atoms with Crippen LogP contribution in [-0.4, -0.2) is 28.9 Å². The molecule has 4 heteroatoms. The number of ether oxygens (including phenoxy) is 1. The molecule has 1 N–H and O–H groups in total.